The van der Waals surface area contributed by atoms with Crippen LogP contribution < -0.4 is 0 Å². The van der Waals surface area contributed by atoms with Gasteiger partial charge in [0.2, 0.25) is 0 Å². The Balaban J connectivity index is 7.89. The first-order valence-electron chi connectivity index (χ1n) is 6.74. The van der Waals surface area contributed by atoms with E-state index in [0.717, 1.165) is 0 Å². The Morgan fingerprint density at radius 3 is 0.686 bits per heavy atom. The van der Waals surface area contributed by atoms with Crippen molar-refractivity contribution in [2.24, 2.45) is 0 Å². The molecule has 0 atom stereocenters. The molecule has 0 aromatic carbocycles. The van der Waals surface area contributed by atoms with Crippen LogP contribution in [-0.2, 0) is 30.4 Å². The van der Waals surface area contributed by atoms with Gasteiger partial charge in [-0.2, -0.15) is 91.1 Å². The van der Waals surface area contributed by atoms with Gasteiger partial charge in [0, 0.05) is 0 Å². The van der Waals surface area contributed by atoms with Crippen LogP contribution in [0.2, 0.25) is 0 Å². The lowest BCUT2D eigenvalue weighted by molar-refractivity contribution is -0.452. The molecule has 0 aliphatic carbocycles. The summed E-state index contributed by atoms with van der Waals surface area (Å²) in [6, 6.07) is 0. The Labute approximate surface area is 181 Å². The van der Waals surface area contributed by atoms with Gasteiger partial charge in [-0.25, -0.2) is 0 Å². The second-order valence-corrected chi connectivity index (χ2v) is 11.4. The smallest absolute Gasteiger partial charge is 0.283 e. The molecule has 0 unspecified atom stereocenters. The van der Waals surface area contributed by atoms with Gasteiger partial charge in [0.25, 0.3) is 0 Å². The molecule has 0 aromatic rings. The Morgan fingerprint density at radius 1 is 0.343 bits per heavy atom. The molecular formula is C8H3F15O9S3. The van der Waals surface area contributed by atoms with E-state index in [0.29, 0.717) is 0 Å². The molecule has 0 heterocycles. The zero-order valence-electron chi connectivity index (χ0n) is 14.7. The van der Waals surface area contributed by atoms with Crippen molar-refractivity contribution < 1.29 is 105 Å². The van der Waals surface area contributed by atoms with Crippen molar-refractivity contribution in [2.45, 2.75) is 45.1 Å². The Bertz CT molecular complexity index is 1090. The summed E-state index contributed by atoms with van der Waals surface area (Å²) < 4.78 is 280. The van der Waals surface area contributed by atoms with E-state index >= 15 is 0 Å². The third-order valence-electron chi connectivity index (χ3n) is 3.73. The lowest BCUT2D eigenvalue weighted by atomic mass is 9.91. The van der Waals surface area contributed by atoms with Gasteiger partial charge in [-0.3, -0.25) is 13.7 Å². The fourth-order valence-corrected chi connectivity index (χ4v) is 6.59. The molecule has 0 radical (unpaired) electrons. The summed E-state index contributed by atoms with van der Waals surface area (Å²) >= 11 is 0. The number of rotatable bonds is 9. The van der Waals surface area contributed by atoms with Crippen molar-refractivity contribution in [1.29, 1.82) is 0 Å². The first-order valence-corrected chi connectivity index (χ1v) is 11.1. The minimum Gasteiger partial charge on any atom is -0.283 e. The minimum atomic E-state index is -9.23. The van der Waals surface area contributed by atoms with Gasteiger partial charge in [-0.05, 0) is 0 Å². The maximum absolute atomic E-state index is 14.1. The van der Waals surface area contributed by atoms with Gasteiger partial charge >= 0.3 is 75.5 Å². The average Bonchev–Trinajstić information content (AvgIpc) is 2.48. The standard InChI is InChI=1S/C8H3F15O9S3/c9-1(10,3(13,14)5(17,18)7(21,22)23)2(11,12)4(15,16)6(19,20)8(33(24,25)26,34(27,28)29)35(30,31)32/h(H,24,25,26)(H,27,28,29)(H,30,31,32). The molecule has 3 N–H and O–H groups in total. The van der Waals surface area contributed by atoms with E-state index in [1.807, 2.05) is 0 Å². The highest BCUT2D eigenvalue weighted by Gasteiger charge is 2.98. The largest absolute Gasteiger partial charge is 0.460 e. The summed E-state index contributed by atoms with van der Waals surface area (Å²) in [5.74, 6) is -53.8. The summed E-state index contributed by atoms with van der Waals surface area (Å²) in [6.45, 7) is 0. The van der Waals surface area contributed by atoms with Crippen LogP contribution in [0, 0.1) is 0 Å². The zero-order valence-corrected chi connectivity index (χ0v) is 17.1. The van der Waals surface area contributed by atoms with Crippen LogP contribution >= 0.6 is 0 Å². The summed E-state index contributed by atoms with van der Waals surface area (Å²) in [5.41, 5.74) is 0. The predicted molar refractivity (Wildman–Crippen MR) is 73.1 cm³/mol. The molecule has 0 bridgehead atoms. The van der Waals surface area contributed by atoms with Crippen LogP contribution in [0.5, 0.6) is 0 Å². The number of alkyl halides is 15. The van der Waals surface area contributed by atoms with Crippen molar-refractivity contribution >= 4 is 30.4 Å². The molecular weight excluding hydrogens is 621 g/mol. The van der Waals surface area contributed by atoms with E-state index in [4.69, 9.17) is 13.7 Å². The second-order valence-electron chi connectivity index (χ2n) is 5.93. The molecule has 0 aliphatic rings. The minimum absolute atomic E-state index is 7.91. The number of hydrogen-bond donors (Lipinski definition) is 3. The zero-order chi connectivity index (χ0) is 29.5. The van der Waals surface area contributed by atoms with Crippen LogP contribution in [0.4, 0.5) is 65.9 Å². The lowest BCUT2D eigenvalue weighted by Crippen LogP contribution is -2.78. The van der Waals surface area contributed by atoms with Crippen molar-refractivity contribution in [2.75, 3.05) is 0 Å². The Kier molecular flexibility index (Phi) is 7.54. The highest BCUT2D eigenvalue weighted by molar-refractivity contribution is 8.21. The van der Waals surface area contributed by atoms with Crippen LogP contribution in [0.1, 0.15) is 0 Å². The molecule has 0 rings (SSSR count). The first kappa shape index (κ1) is 33.7. The molecule has 0 amide bonds. The van der Waals surface area contributed by atoms with E-state index in [9.17, 15) is 91.1 Å². The van der Waals surface area contributed by atoms with E-state index in [-0.39, 0.29) is 0 Å². The molecule has 9 nitrogen and oxygen atoms in total. The van der Waals surface area contributed by atoms with E-state index < -0.39 is 75.5 Å². The molecule has 27 heteroatoms. The average molecular weight is 624 g/mol. The van der Waals surface area contributed by atoms with E-state index in [1.165, 1.54) is 0 Å². The normalized spacial score (nSPS) is 17.0. The lowest BCUT2D eigenvalue weighted by Gasteiger charge is -2.43. The fourth-order valence-electron chi connectivity index (χ4n) is 2.04. The van der Waals surface area contributed by atoms with E-state index in [2.05, 4.69) is 0 Å². The molecule has 0 aliphatic heterocycles. The quantitative estimate of drug-likeness (QED) is 0.259. The maximum atomic E-state index is 14.1. The van der Waals surface area contributed by atoms with Gasteiger partial charge in [-0.15, -0.1) is 0 Å². The number of hydrogen-bond acceptors (Lipinski definition) is 6. The second kappa shape index (κ2) is 7.84. The first-order chi connectivity index (χ1) is 14.5. The van der Waals surface area contributed by atoms with Crippen LogP contribution in [0.15, 0.2) is 0 Å². The van der Waals surface area contributed by atoms with Gasteiger partial charge in [0.15, 0.2) is 0 Å². The molecule has 0 saturated heterocycles. The third kappa shape index (κ3) is 3.91. The van der Waals surface area contributed by atoms with Crippen molar-refractivity contribution in [3.63, 3.8) is 0 Å². The number of halogens is 15. The molecule has 212 valence electrons. The summed E-state index contributed by atoms with van der Waals surface area (Å²) in [6.07, 6.45) is -8.03. The molecule has 0 aromatic heterocycles. The fraction of sp³-hybridized carbons (Fsp3) is 1.00. The molecule has 0 spiro atoms. The van der Waals surface area contributed by atoms with E-state index in [1.54, 1.807) is 0 Å². The van der Waals surface area contributed by atoms with Crippen molar-refractivity contribution in [3.8, 4) is 0 Å². The van der Waals surface area contributed by atoms with Gasteiger partial charge in [0.05, 0.1) is 0 Å². The SMILES string of the molecule is O=S(=O)(O)C(C(F)(F)C(F)(F)C(F)(F)C(F)(F)C(F)(F)C(F)(F)C(F)(F)F)(S(=O)(=O)O)S(=O)(=O)O. The molecule has 35 heavy (non-hydrogen) atoms. The monoisotopic (exact) mass is 624 g/mol. The maximum Gasteiger partial charge on any atom is 0.460 e. The van der Waals surface area contributed by atoms with Gasteiger partial charge < -0.3 is 0 Å². The predicted octanol–water partition coefficient (Wildman–Crippen LogP) is 2.68. The van der Waals surface area contributed by atoms with Gasteiger partial charge in [-0.1, -0.05) is 0 Å². The highest BCUT2D eigenvalue weighted by Crippen LogP contribution is 2.65. The summed E-state index contributed by atoms with van der Waals surface area (Å²) in [5, 5.41) is 0. The summed E-state index contributed by atoms with van der Waals surface area (Å²) in [4.78, 5) is 0. The van der Waals surface area contributed by atoms with Crippen LogP contribution in [-0.4, -0.2) is 84.0 Å². The third-order valence-corrected chi connectivity index (χ3v) is 10.3. The van der Waals surface area contributed by atoms with Crippen LogP contribution in [0.3, 0.4) is 0 Å². The highest BCUT2D eigenvalue weighted by atomic mass is 32.3. The summed E-state index contributed by atoms with van der Waals surface area (Å²) in [7, 11) is -25.4. The van der Waals surface area contributed by atoms with Crippen molar-refractivity contribution in [1.82, 2.24) is 0 Å². The van der Waals surface area contributed by atoms with Crippen LogP contribution in [0.25, 0.3) is 0 Å². The Morgan fingerprint density at radius 2 is 0.514 bits per heavy atom. The van der Waals surface area contributed by atoms with Crippen molar-refractivity contribution in [3.05, 3.63) is 0 Å². The van der Waals surface area contributed by atoms with Gasteiger partial charge in [0.1, 0.15) is 0 Å². The topological polar surface area (TPSA) is 163 Å². The Hall–Kier alpha value is -1.32. The molecule has 0 fully saturated rings. The molecule has 0 saturated carbocycles.